The fourth-order valence-corrected chi connectivity index (χ4v) is 2.73. The van der Waals surface area contributed by atoms with Gasteiger partial charge in [0, 0.05) is 18.2 Å². The maximum absolute atomic E-state index is 12.5. The van der Waals surface area contributed by atoms with Crippen LogP contribution in [0.3, 0.4) is 0 Å². The SMILES string of the molecule is CCC(C(=O)c1ccccc1)N1CCCC(N)C1. The van der Waals surface area contributed by atoms with Crippen molar-refractivity contribution in [1.82, 2.24) is 4.90 Å². The molecule has 0 bridgehead atoms. The van der Waals surface area contributed by atoms with Crippen molar-refractivity contribution in [3.8, 4) is 0 Å². The number of ketones is 1. The number of rotatable bonds is 4. The summed E-state index contributed by atoms with van der Waals surface area (Å²) in [5.74, 6) is 0.229. The van der Waals surface area contributed by atoms with Crippen molar-refractivity contribution in [3.05, 3.63) is 35.9 Å². The Morgan fingerprint density at radius 1 is 1.44 bits per heavy atom. The molecular weight excluding hydrogens is 224 g/mol. The van der Waals surface area contributed by atoms with Gasteiger partial charge in [-0.2, -0.15) is 0 Å². The summed E-state index contributed by atoms with van der Waals surface area (Å²) in [6, 6.07) is 9.78. The first-order chi connectivity index (χ1) is 8.72. The topological polar surface area (TPSA) is 46.3 Å². The van der Waals surface area contributed by atoms with Gasteiger partial charge in [0.05, 0.1) is 6.04 Å². The van der Waals surface area contributed by atoms with Gasteiger partial charge in [-0.15, -0.1) is 0 Å². The highest BCUT2D eigenvalue weighted by Crippen LogP contribution is 2.17. The van der Waals surface area contributed by atoms with Gasteiger partial charge in [0.25, 0.3) is 0 Å². The summed E-state index contributed by atoms with van der Waals surface area (Å²) in [5.41, 5.74) is 6.81. The molecule has 3 heteroatoms. The average molecular weight is 246 g/mol. The maximum Gasteiger partial charge on any atom is 0.179 e. The van der Waals surface area contributed by atoms with Crippen molar-refractivity contribution in [2.75, 3.05) is 13.1 Å². The third kappa shape index (κ3) is 2.98. The molecule has 2 N–H and O–H groups in total. The fourth-order valence-electron chi connectivity index (χ4n) is 2.73. The molecule has 1 aliphatic rings. The molecule has 2 unspecified atom stereocenters. The summed E-state index contributed by atoms with van der Waals surface area (Å²) in [7, 11) is 0. The smallest absolute Gasteiger partial charge is 0.179 e. The molecule has 2 rings (SSSR count). The Morgan fingerprint density at radius 3 is 2.78 bits per heavy atom. The van der Waals surface area contributed by atoms with Gasteiger partial charge >= 0.3 is 0 Å². The van der Waals surface area contributed by atoms with Crippen molar-refractivity contribution in [1.29, 1.82) is 0 Å². The maximum atomic E-state index is 12.5. The second kappa shape index (κ2) is 6.12. The van der Waals surface area contributed by atoms with Gasteiger partial charge in [-0.3, -0.25) is 9.69 Å². The lowest BCUT2D eigenvalue weighted by Crippen LogP contribution is -2.50. The van der Waals surface area contributed by atoms with Crippen molar-refractivity contribution < 1.29 is 4.79 Å². The van der Waals surface area contributed by atoms with Gasteiger partial charge in [-0.05, 0) is 25.8 Å². The molecular formula is C15H22N2O. The molecule has 0 aromatic heterocycles. The Morgan fingerprint density at radius 2 is 2.17 bits per heavy atom. The van der Waals surface area contributed by atoms with Crippen LogP contribution < -0.4 is 5.73 Å². The second-order valence-corrected chi connectivity index (χ2v) is 5.05. The van der Waals surface area contributed by atoms with Crippen molar-refractivity contribution in [3.63, 3.8) is 0 Å². The summed E-state index contributed by atoms with van der Waals surface area (Å²) in [6.07, 6.45) is 3.02. The summed E-state index contributed by atoms with van der Waals surface area (Å²) in [5, 5.41) is 0. The molecule has 98 valence electrons. The van der Waals surface area contributed by atoms with Crippen LogP contribution in [0.1, 0.15) is 36.5 Å². The first-order valence-electron chi connectivity index (χ1n) is 6.81. The number of hydrogen-bond acceptors (Lipinski definition) is 3. The highest BCUT2D eigenvalue weighted by Gasteiger charge is 2.28. The van der Waals surface area contributed by atoms with E-state index in [9.17, 15) is 4.79 Å². The van der Waals surface area contributed by atoms with Gasteiger partial charge in [-0.25, -0.2) is 0 Å². The van der Waals surface area contributed by atoms with Crippen molar-refractivity contribution in [2.45, 2.75) is 38.3 Å². The lowest BCUT2D eigenvalue weighted by Gasteiger charge is -2.36. The molecule has 3 nitrogen and oxygen atoms in total. The van der Waals surface area contributed by atoms with Crippen LogP contribution in [-0.2, 0) is 0 Å². The third-order valence-electron chi connectivity index (χ3n) is 3.68. The fraction of sp³-hybridized carbons (Fsp3) is 0.533. The van der Waals surface area contributed by atoms with Gasteiger partial charge < -0.3 is 5.73 Å². The van der Waals surface area contributed by atoms with E-state index in [1.54, 1.807) is 0 Å². The van der Waals surface area contributed by atoms with Crippen molar-refractivity contribution in [2.24, 2.45) is 5.73 Å². The normalized spacial score (nSPS) is 22.7. The van der Waals surface area contributed by atoms with E-state index >= 15 is 0 Å². The van der Waals surface area contributed by atoms with Crippen LogP contribution in [0.5, 0.6) is 0 Å². The number of carbonyl (C=O) groups is 1. The van der Waals surface area contributed by atoms with Crippen LogP contribution >= 0.6 is 0 Å². The van der Waals surface area contributed by atoms with Crippen LogP contribution in [0.4, 0.5) is 0 Å². The van der Waals surface area contributed by atoms with E-state index in [2.05, 4.69) is 11.8 Å². The zero-order valence-electron chi connectivity index (χ0n) is 11.0. The van der Waals surface area contributed by atoms with E-state index in [-0.39, 0.29) is 17.9 Å². The van der Waals surface area contributed by atoms with Gasteiger partial charge in [0.2, 0.25) is 0 Å². The zero-order chi connectivity index (χ0) is 13.0. The largest absolute Gasteiger partial charge is 0.327 e. The molecule has 0 amide bonds. The molecule has 1 aliphatic heterocycles. The molecule has 1 saturated heterocycles. The quantitative estimate of drug-likeness (QED) is 0.827. The first-order valence-corrected chi connectivity index (χ1v) is 6.81. The highest BCUT2D eigenvalue weighted by atomic mass is 16.1. The van der Waals surface area contributed by atoms with E-state index in [0.29, 0.717) is 0 Å². The highest BCUT2D eigenvalue weighted by molar-refractivity contribution is 6.00. The number of carbonyl (C=O) groups excluding carboxylic acids is 1. The second-order valence-electron chi connectivity index (χ2n) is 5.05. The lowest BCUT2D eigenvalue weighted by atomic mass is 9.97. The summed E-state index contributed by atoms with van der Waals surface area (Å²) in [4.78, 5) is 14.8. The van der Waals surface area contributed by atoms with E-state index < -0.39 is 0 Å². The molecule has 1 fully saturated rings. The number of nitrogens with zero attached hydrogens (tertiary/aromatic N) is 1. The summed E-state index contributed by atoms with van der Waals surface area (Å²) in [6.45, 7) is 3.91. The van der Waals surface area contributed by atoms with Crippen LogP contribution in [0, 0.1) is 0 Å². The Labute approximate surface area is 109 Å². The van der Waals surface area contributed by atoms with Crippen LogP contribution in [0.15, 0.2) is 30.3 Å². The molecule has 0 radical (unpaired) electrons. The zero-order valence-corrected chi connectivity index (χ0v) is 11.0. The molecule has 0 spiro atoms. The van der Waals surface area contributed by atoms with Gasteiger partial charge in [0.1, 0.15) is 0 Å². The Balaban J connectivity index is 2.10. The Kier molecular flexibility index (Phi) is 4.50. The minimum atomic E-state index is -0.0150. The lowest BCUT2D eigenvalue weighted by molar-refractivity contribution is 0.0760. The van der Waals surface area contributed by atoms with E-state index in [1.807, 2.05) is 30.3 Å². The predicted molar refractivity (Wildman–Crippen MR) is 73.6 cm³/mol. The monoisotopic (exact) mass is 246 g/mol. The number of likely N-dealkylation sites (tertiary alicyclic amines) is 1. The Hall–Kier alpha value is -1.19. The van der Waals surface area contributed by atoms with Gasteiger partial charge in [0.15, 0.2) is 5.78 Å². The van der Waals surface area contributed by atoms with Crippen LogP contribution in [-0.4, -0.2) is 35.9 Å². The predicted octanol–water partition coefficient (Wildman–Crippen LogP) is 2.07. The van der Waals surface area contributed by atoms with Crippen LogP contribution in [0.25, 0.3) is 0 Å². The average Bonchev–Trinajstić information content (AvgIpc) is 2.40. The number of nitrogens with two attached hydrogens (primary N) is 1. The van der Waals surface area contributed by atoms with E-state index in [1.165, 1.54) is 0 Å². The number of Topliss-reactive ketones (excluding diaryl/α,β-unsaturated/α-hetero) is 1. The molecule has 0 saturated carbocycles. The molecule has 2 atom stereocenters. The summed E-state index contributed by atoms with van der Waals surface area (Å²) >= 11 is 0. The number of benzene rings is 1. The minimum Gasteiger partial charge on any atom is -0.327 e. The molecule has 1 heterocycles. The van der Waals surface area contributed by atoms with E-state index in [4.69, 9.17) is 5.73 Å². The molecule has 1 aromatic carbocycles. The van der Waals surface area contributed by atoms with Crippen molar-refractivity contribution >= 4 is 5.78 Å². The standard InChI is InChI=1S/C15H22N2O/c1-2-14(17-10-6-9-13(16)11-17)15(18)12-7-4-3-5-8-12/h3-5,7-8,13-14H,2,6,9-11,16H2,1H3. The third-order valence-corrected chi connectivity index (χ3v) is 3.68. The van der Waals surface area contributed by atoms with Gasteiger partial charge in [-0.1, -0.05) is 37.3 Å². The molecule has 1 aromatic rings. The van der Waals surface area contributed by atoms with Crippen LogP contribution in [0.2, 0.25) is 0 Å². The summed E-state index contributed by atoms with van der Waals surface area (Å²) < 4.78 is 0. The first kappa shape index (κ1) is 13.2. The minimum absolute atomic E-state index is 0.0150. The number of piperidine rings is 1. The molecule has 0 aliphatic carbocycles. The van der Waals surface area contributed by atoms with E-state index in [0.717, 1.165) is 37.9 Å². The Bertz CT molecular complexity index is 391. The number of hydrogen-bond donors (Lipinski definition) is 1. The molecule has 18 heavy (non-hydrogen) atoms.